The van der Waals surface area contributed by atoms with Gasteiger partial charge in [-0.05, 0) is 12.1 Å². The van der Waals surface area contributed by atoms with Crippen LogP contribution in [0, 0.1) is 0 Å². The van der Waals surface area contributed by atoms with Gasteiger partial charge in [0.15, 0.2) is 5.82 Å². The molecule has 2 heterocycles. The van der Waals surface area contributed by atoms with Gasteiger partial charge in [-0.2, -0.15) is 13.2 Å². The van der Waals surface area contributed by atoms with Gasteiger partial charge in [0, 0.05) is 30.4 Å². The Bertz CT molecular complexity index is 465. The lowest BCUT2D eigenvalue weighted by Gasteiger charge is -2.05. The van der Waals surface area contributed by atoms with Crippen LogP contribution in [0.15, 0.2) is 36.9 Å². The van der Waals surface area contributed by atoms with Crippen LogP contribution in [0.1, 0.15) is 5.56 Å². The quantitative estimate of drug-likeness (QED) is 0.748. The summed E-state index contributed by atoms with van der Waals surface area (Å²) in [6.07, 6.45) is 0.176. The molecular formula is C10H6F3N3. The normalized spacial score (nSPS) is 11.4. The Morgan fingerprint density at radius 3 is 2.00 bits per heavy atom. The van der Waals surface area contributed by atoms with E-state index < -0.39 is 11.7 Å². The molecule has 0 fully saturated rings. The van der Waals surface area contributed by atoms with E-state index in [1.807, 2.05) is 0 Å². The van der Waals surface area contributed by atoms with Gasteiger partial charge < -0.3 is 0 Å². The molecule has 0 amide bonds. The van der Waals surface area contributed by atoms with Gasteiger partial charge in [0.25, 0.3) is 0 Å². The predicted octanol–water partition coefficient (Wildman–Crippen LogP) is 2.56. The van der Waals surface area contributed by atoms with Gasteiger partial charge >= 0.3 is 6.18 Å². The molecule has 0 aromatic carbocycles. The van der Waals surface area contributed by atoms with Gasteiger partial charge in [0.2, 0.25) is 0 Å². The second kappa shape index (κ2) is 3.88. The lowest BCUT2D eigenvalue weighted by molar-refractivity contribution is -0.138. The third-order valence-electron chi connectivity index (χ3n) is 1.92. The van der Waals surface area contributed by atoms with Crippen molar-refractivity contribution in [2.45, 2.75) is 6.18 Å². The first-order valence-electron chi connectivity index (χ1n) is 4.37. The van der Waals surface area contributed by atoms with Crippen molar-refractivity contribution >= 4 is 0 Å². The first kappa shape index (κ1) is 10.5. The Balaban J connectivity index is 2.34. The highest BCUT2D eigenvalue weighted by Gasteiger charge is 2.31. The molecule has 0 aliphatic carbocycles. The molecule has 3 nitrogen and oxygen atoms in total. The molecule has 82 valence electrons. The van der Waals surface area contributed by atoms with Gasteiger partial charge in [-0.25, -0.2) is 9.97 Å². The highest BCUT2D eigenvalue weighted by Crippen LogP contribution is 2.28. The van der Waals surface area contributed by atoms with Crippen molar-refractivity contribution in [2.75, 3.05) is 0 Å². The predicted molar refractivity (Wildman–Crippen MR) is 50.3 cm³/mol. The number of hydrogen-bond acceptors (Lipinski definition) is 3. The monoisotopic (exact) mass is 225 g/mol. The SMILES string of the molecule is FC(F)(F)c1cnc(-c2ccncc2)nc1. The summed E-state index contributed by atoms with van der Waals surface area (Å²) < 4.78 is 36.7. The zero-order valence-corrected chi connectivity index (χ0v) is 7.94. The highest BCUT2D eigenvalue weighted by molar-refractivity contribution is 5.53. The number of hydrogen-bond donors (Lipinski definition) is 0. The van der Waals surface area contributed by atoms with E-state index in [9.17, 15) is 13.2 Å². The second-order valence-electron chi connectivity index (χ2n) is 3.03. The van der Waals surface area contributed by atoms with Crippen molar-refractivity contribution in [3.63, 3.8) is 0 Å². The molecule has 2 aromatic rings. The molecule has 16 heavy (non-hydrogen) atoms. The lowest BCUT2D eigenvalue weighted by Crippen LogP contribution is -2.06. The van der Waals surface area contributed by atoms with E-state index >= 15 is 0 Å². The number of aromatic nitrogens is 3. The fourth-order valence-electron chi connectivity index (χ4n) is 1.12. The summed E-state index contributed by atoms with van der Waals surface area (Å²) in [5.41, 5.74) is -0.228. The van der Waals surface area contributed by atoms with Crippen molar-refractivity contribution in [1.82, 2.24) is 15.0 Å². The first-order chi connectivity index (χ1) is 7.57. The van der Waals surface area contributed by atoms with Crippen LogP contribution in [0.4, 0.5) is 13.2 Å². The molecule has 2 rings (SSSR count). The van der Waals surface area contributed by atoms with Crippen LogP contribution in [0.25, 0.3) is 11.4 Å². The number of alkyl halides is 3. The Morgan fingerprint density at radius 1 is 0.938 bits per heavy atom. The highest BCUT2D eigenvalue weighted by atomic mass is 19.4. The van der Waals surface area contributed by atoms with E-state index in [2.05, 4.69) is 15.0 Å². The average molecular weight is 225 g/mol. The van der Waals surface area contributed by atoms with Gasteiger partial charge in [-0.15, -0.1) is 0 Å². The minimum absolute atomic E-state index is 0.246. The Kier molecular flexibility index (Phi) is 2.55. The van der Waals surface area contributed by atoms with Crippen molar-refractivity contribution in [3.8, 4) is 11.4 Å². The molecule has 0 spiro atoms. The maximum atomic E-state index is 12.2. The number of rotatable bonds is 1. The largest absolute Gasteiger partial charge is 0.419 e. The van der Waals surface area contributed by atoms with Gasteiger partial charge in [-0.3, -0.25) is 4.98 Å². The maximum Gasteiger partial charge on any atom is 0.419 e. The van der Waals surface area contributed by atoms with Gasteiger partial charge in [0.1, 0.15) is 0 Å². The average Bonchev–Trinajstić information content (AvgIpc) is 2.29. The van der Waals surface area contributed by atoms with Crippen LogP contribution < -0.4 is 0 Å². The second-order valence-corrected chi connectivity index (χ2v) is 3.03. The molecule has 0 saturated heterocycles. The van der Waals surface area contributed by atoms with Crippen molar-refractivity contribution in [2.24, 2.45) is 0 Å². The number of nitrogens with zero attached hydrogens (tertiary/aromatic N) is 3. The summed E-state index contributed by atoms with van der Waals surface area (Å²) in [5.74, 6) is 0.246. The minimum Gasteiger partial charge on any atom is -0.265 e. The van der Waals surface area contributed by atoms with Crippen molar-refractivity contribution in [1.29, 1.82) is 0 Å². The van der Waals surface area contributed by atoms with Crippen LogP contribution in [-0.2, 0) is 6.18 Å². The Hall–Kier alpha value is -1.98. The molecule has 0 N–H and O–H groups in total. The van der Waals surface area contributed by atoms with Gasteiger partial charge in [-0.1, -0.05) is 0 Å². The van der Waals surface area contributed by atoms with E-state index in [0.29, 0.717) is 5.56 Å². The summed E-state index contributed by atoms with van der Waals surface area (Å²) in [4.78, 5) is 11.1. The summed E-state index contributed by atoms with van der Waals surface area (Å²) in [5, 5.41) is 0. The van der Waals surface area contributed by atoms with Crippen LogP contribution in [-0.4, -0.2) is 15.0 Å². The first-order valence-corrected chi connectivity index (χ1v) is 4.37. The van der Waals surface area contributed by atoms with E-state index in [-0.39, 0.29) is 5.82 Å². The molecule has 0 aliphatic heterocycles. The molecule has 0 unspecified atom stereocenters. The zero-order valence-electron chi connectivity index (χ0n) is 7.94. The minimum atomic E-state index is -4.41. The topological polar surface area (TPSA) is 38.7 Å². The van der Waals surface area contributed by atoms with Crippen molar-refractivity contribution in [3.05, 3.63) is 42.5 Å². The van der Waals surface area contributed by atoms with E-state index in [0.717, 1.165) is 12.4 Å². The van der Waals surface area contributed by atoms with Crippen LogP contribution in [0.2, 0.25) is 0 Å². The molecule has 6 heteroatoms. The number of halogens is 3. The molecule has 0 atom stereocenters. The summed E-state index contributed by atoms with van der Waals surface area (Å²) in [6.45, 7) is 0. The third-order valence-corrected chi connectivity index (χ3v) is 1.92. The molecule has 0 saturated carbocycles. The summed E-state index contributed by atoms with van der Waals surface area (Å²) in [7, 11) is 0. The van der Waals surface area contributed by atoms with Crippen molar-refractivity contribution < 1.29 is 13.2 Å². The van der Waals surface area contributed by atoms with E-state index in [1.54, 1.807) is 12.1 Å². The fraction of sp³-hybridized carbons (Fsp3) is 0.100. The Labute approximate surface area is 89.0 Å². The maximum absolute atomic E-state index is 12.2. The van der Waals surface area contributed by atoms with E-state index in [4.69, 9.17) is 0 Å². The number of pyridine rings is 1. The van der Waals surface area contributed by atoms with Gasteiger partial charge in [0.05, 0.1) is 5.56 Å². The molecule has 0 radical (unpaired) electrons. The van der Waals surface area contributed by atoms with Crippen LogP contribution >= 0.6 is 0 Å². The van der Waals surface area contributed by atoms with E-state index in [1.165, 1.54) is 12.4 Å². The fourth-order valence-corrected chi connectivity index (χ4v) is 1.12. The lowest BCUT2D eigenvalue weighted by atomic mass is 10.2. The standard InChI is InChI=1S/C10H6F3N3/c11-10(12,13)8-5-15-9(16-6-8)7-1-3-14-4-2-7/h1-6H. The summed E-state index contributed by atoms with van der Waals surface area (Å²) in [6, 6.07) is 3.26. The summed E-state index contributed by atoms with van der Waals surface area (Å²) >= 11 is 0. The van der Waals surface area contributed by atoms with Crippen LogP contribution in [0.3, 0.4) is 0 Å². The molecule has 0 bridgehead atoms. The van der Waals surface area contributed by atoms with Crippen LogP contribution in [0.5, 0.6) is 0 Å². The third kappa shape index (κ3) is 2.16. The zero-order chi connectivity index (χ0) is 11.6. The molecule has 2 aromatic heterocycles. The smallest absolute Gasteiger partial charge is 0.265 e. The molecular weight excluding hydrogens is 219 g/mol. The Morgan fingerprint density at radius 2 is 1.50 bits per heavy atom. The molecule has 0 aliphatic rings.